The number of hydrogen-bond donors (Lipinski definition) is 1. The highest BCUT2D eigenvalue weighted by Crippen LogP contribution is 2.12. The smallest absolute Gasteiger partial charge is 0.0895 e. The summed E-state index contributed by atoms with van der Waals surface area (Å²) in [6.45, 7) is 9.85. The Morgan fingerprint density at radius 3 is 2.80 bits per heavy atom. The summed E-state index contributed by atoms with van der Waals surface area (Å²) in [6.07, 6.45) is 0.260. The summed E-state index contributed by atoms with van der Waals surface area (Å²) in [5.41, 5.74) is 3.66. The fraction of sp³-hybridized carbons (Fsp3) is 0.727. The largest absolute Gasteiger partial charge is 0.374 e. The maximum atomic E-state index is 5.66. The van der Waals surface area contributed by atoms with Gasteiger partial charge >= 0.3 is 0 Å². The number of nitrogens with one attached hydrogen (secondary N) is 1. The van der Waals surface area contributed by atoms with Gasteiger partial charge in [-0.3, -0.25) is 4.68 Å². The fourth-order valence-corrected chi connectivity index (χ4v) is 1.89. The summed E-state index contributed by atoms with van der Waals surface area (Å²) in [7, 11) is 0. The third kappa shape index (κ3) is 2.21. The second-order valence-corrected chi connectivity index (χ2v) is 4.17. The number of nitrogens with zero attached hydrogens (tertiary/aromatic N) is 2. The molecule has 15 heavy (non-hydrogen) atoms. The second-order valence-electron chi connectivity index (χ2n) is 4.17. The van der Waals surface area contributed by atoms with Crippen molar-refractivity contribution in [2.75, 3.05) is 19.7 Å². The predicted molar refractivity (Wildman–Crippen MR) is 59.0 cm³/mol. The maximum absolute atomic E-state index is 5.66. The van der Waals surface area contributed by atoms with Gasteiger partial charge in [-0.1, -0.05) is 0 Å². The SMILES string of the molecule is Cc1nn(CC2CNCCO2)c(C)c1C. The van der Waals surface area contributed by atoms with Crippen LogP contribution in [0.1, 0.15) is 17.0 Å². The molecule has 1 aliphatic rings. The van der Waals surface area contributed by atoms with Crippen LogP contribution < -0.4 is 5.32 Å². The first kappa shape index (κ1) is 10.6. The van der Waals surface area contributed by atoms with Crippen molar-refractivity contribution in [1.82, 2.24) is 15.1 Å². The van der Waals surface area contributed by atoms with E-state index >= 15 is 0 Å². The highest BCUT2D eigenvalue weighted by Gasteiger charge is 2.16. The van der Waals surface area contributed by atoms with Crippen LogP contribution >= 0.6 is 0 Å². The fourth-order valence-electron chi connectivity index (χ4n) is 1.89. The van der Waals surface area contributed by atoms with E-state index in [1.165, 1.54) is 11.3 Å². The molecule has 1 saturated heterocycles. The topological polar surface area (TPSA) is 39.1 Å². The molecule has 1 aliphatic heterocycles. The van der Waals surface area contributed by atoms with E-state index in [0.717, 1.165) is 31.9 Å². The van der Waals surface area contributed by atoms with Crippen molar-refractivity contribution in [3.8, 4) is 0 Å². The maximum Gasteiger partial charge on any atom is 0.0895 e. The van der Waals surface area contributed by atoms with E-state index in [1.54, 1.807) is 0 Å². The number of aromatic nitrogens is 2. The summed E-state index contributed by atoms with van der Waals surface area (Å²) in [4.78, 5) is 0. The minimum atomic E-state index is 0.260. The molecule has 2 rings (SSSR count). The van der Waals surface area contributed by atoms with Crippen LogP contribution in [0, 0.1) is 20.8 Å². The van der Waals surface area contributed by atoms with Crippen LogP contribution in [0.25, 0.3) is 0 Å². The van der Waals surface area contributed by atoms with E-state index < -0.39 is 0 Å². The van der Waals surface area contributed by atoms with Gasteiger partial charge in [-0.25, -0.2) is 0 Å². The molecule has 1 atom stereocenters. The van der Waals surface area contributed by atoms with Crippen molar-refractivity contribution >= 4 is 0 Å². The minimum absolute atomic E-state index is 0.260. The first-order chi connectivity index (χ1) is 7.18. The molecule has 2 heterocycles. The van der Waals surface area contributed by atoms with Crippen molar-refractivity contribution in [2.45, 2.75) is 33.4 Å². The highest BCUT2D eigenvalue weighted by molar-refractivity contribution is 5.22. The quantitative estimate of drug-likeness (QED) is 0.783. The zero-order valence-electron chi connectivity index (χ0n) is 9.71. The first-order valence-electron chi connectivity index (χ1n) is 5.51. The normalized spacial score (nSPS) is 21.9. The third-order valence-electron chi connectivity index (χ3n) is 3.12. The van der Waals surface area contributed by atoms with E-state index in [1.807, 2.05) is 0 Å². The van der Waals surface area contributed by atoms with Crippen LogP contribution in [0.3, 0.4) is 0 Å². The number of ether oxygens (including phenoxy) is 1. The zero-order valence-corrected chi connectivity index (χ0v) is 9.71. The lowest BCUT2D eigenvalue weighted by Crippen LogP contribution is -2.41. The highest BCUT2D eigenvalue weighted by atomic mass is 16.5. The summed E-state index contributed by atoms with van der Waals surface area (Å²) < 4.78 is 7.72. The van der Waals surface area contributed by atoms with Gasteiger partial charge in [0.05, 0.1) is 24.9 Å². The lowest BCUT2D eigenvalue weighted by atomic mass is 10.2. The summed E-state index contributed by atoms with van der Waals surface area (Å²) >= 11 is 0. The standard InChI is InChI=1S/C11H19N3O/c1-8-9(2)13-14(10(8)3)7-11-6-12-4-5-15-11/h11-12H,4-7H2,1-3H3. The Bertz CT molecular complexity index is 340. The van der Waals surface area contributed by atoms with Crippen molar-refractivity contribution < 1.29 is 4.74 Å². The van der Waals surface area contributed by atoms with E-state index in [-0.39, 0.29) is 6.10 Å². The van der Waals surface area contributed by atoms with E-state index in [2.05, 4.69) is 35.9 Å². The molecular formula is C11H19N3O. The van der Waals surface area contributed by atoms with Crippen LogP contribution in [0.5, 0.6) is 0 Å². The van der Waals surface area contributed by atoms with Crippen LogP contribution in [-0.2, 0) is 11.3 Å². The Hall–Kier alpha value is -0.870. The van der Waals surface area contributed by atoms with Crippen molar-refractivity contribution in [3.63, 3.8) is 0 Å². The second kappa shape index (κ2) is 4.33. The Balaban J connectivity index is 2.06. The third-order valence-corrected chi connectivity index (χ3v) is 3.12. The molecule has 1 N–H and O–H groups in total. The van der Waals surface area contributed by atoms with E-state index in [4.69, 9.17) is 4.74 Å². The van der Waals surface area contributed by atoms with E-state index in [9.17, 15) is 0 Å². The zero-order chi connectivity index (χ0) is 10.8. The number of morpholine rings is 1. The molecule has 0 saturated carbocycles. The lowest BCUT2D eigenvalue weighted by Gasteiger charge is -2.23. The molecule has 4 nitrogen and oxygen atoms in total. The molecule has 1 aromatic heterocycles. The van der Waals surface area contributed by atoms with Gasteiger partial charge in [-0.05, 0) is 26.3 Å². The molecule has 4 heteroatoms. The molecule has 0 aromatic carbocycles. The monoisotopic (exact) mass is 209 g/mol. The molecule has 1 fully saturated rings. The number of rotatable bonds is 2. The van der Waals surface area contributed by atoms with Gasteiger partial charge in [-0.15, -0.1) is 0 Å². The Morgan fingerprint density at radius 2 is 2.27 bits per heavy atom. The summed E-state index contributed by atoms with van der Waals surface area (Å²) in [6, 6.07) is 0. The van der Waals surface area contributed by atoms with Crippen LogP contribution in [0.4, 0.5) is 0 Å². The van der Waals surface area contributed by atoms with Crippen molar-refractivity contribution in [3.05, 3.63) is 17.0 Å². The Kier molecular flexibility index (Phi) is 3.07. The predicted octanol–water partition coefficient (Wildman–Crippen LogP) is 0.797. The van der Waals surface area contributed by atoms with Gasteiger partial charge in [0, 0.05) is 18.8 Å². The van der Waals surface area contributed by atoms with E-state index in [0.29, 0.717) is 0 Å². The van der Waals surface area contributed by atoms with Gasteiger partial charge in [0.1, 0.15) is 0 Å². The molecule has 1 unspecified atom stereocenters. The molecular weight excluding hydrogens is 190 g/mol. The average molecular weight is 209 g/mol. The van der Waals surface area contributed by atoms with Gasteiger partial charge in [-0.2, -0.15) is 5.10 Å². The van der Waals surface area contributed by atoms with Gasteiger partial charge in [0.25, 0.3) is 0 Å². The first-order valence-corrected chi connectivity index (χ1v) is 5.51. The molecule has 0 spiro atoms. The lowest BCUT2D eigenvalue weighted by molar-refractivity contribution is 0.0157. The van der Waals surface area contributed by atoms with Crippen molar-refractivity contribution in [2.24, 2.45) is 0 Å². The number of aryl methyl sites for hydroxylation is 1. The molecule has 0 amide bonds. The van der Waals surface area contributed by atoms with Crippen LogP contribution in [0.2, 0.25) is 0 Å². The average Bonchev–Trinajstić information content (AvgIpc) is 2.48. The molecule has 0 radical (unpaired) electrons. The molecule has 0 bridgehead atoms. The van der Waals surface area contributed by atoms with Crippen LogP contribution in [0.15, 0.2) is 0 Å². The van der Waals surface area contributed by atoms with Gasteiger partial charge in [0.2, 0.25) is 0 Å². The van der Waals surface area contributed by atoms with Gasteiger partial charge < -0.3 is 10.1 Å². The van der Waals surface area contributed by atoms with Crippen molar-refractivity contribution in [1.29, 1.82) is 0 Å². The Morgan fingerprint density at radius 1 is 1.47 bits per heavy atom. The Labute approximate surface area is 90.6 Å². The van der Waals surface area contributed by atoms with Crippen LogP contribution in [-0.4, -0.2) is 35.6 Å². The number of hydrogen-bond acceptors (Lipinski definition) is 3. The van der Waals surface area contributed by atoms with Gasteiger partial charge in [0.15, 0.2) is 0 Å². The minimum Gasteiger partial charge on any atom is -0.374 e. The molecule has 1 aromatic rings. The summed E-state index contributed by atoms with van der Waals surface area (Å²) in [5.74, 6) is 0. The summed E-state index contributed by atoms with van der Waals surface area (Å²) in [5, 5.41) is 7.84. The molecule has 0 aliphatic carbocycles. The molecule has 84 valence electrons.